The molecule has 0 spiro atoms. The van der Waals surface area contributed by atoms with Crippen LogP contribution in [0, 0.1) is 0 Å². The second kappa shape index (κ2) is 14.6. The lowest BCUT2D eigenvalue weighted by molar-refractivity contribution is -0.138. The lowest BCUT2D eigenvalue weighted by atomic mass is 10.0. The molecule has 0 saturated carbocycles. The summed E-state index contributed by atoms with van der Waals surface area (Å²) in [5.41, 5.74) is 6.40. The van der Waals surface area contributed by atoms with Crippen molar-refractivity contribution in [3.05, 3.63) is 29.8 Å². The van der Waals surface area contributed by atoms with E-state index >= 15 is 0 Å². The van der Waals surface area contributed by atoms with Gasteiger partial charge in [-0.2, -0.15) is 0 Å². The van der Waals surface area contributed by atoms with Crippen LogP contribution < -0.4 is 11.1 Å². The molecular formula is C17H27N2O13P. The molecule has 0 bridgehead atoms. The average molecular weight is 498 g/mol. The van der Waals surface area contributed by atoms with Gasteiger partial charge in [0.05, 0.1) is 12.6 Å². The second-order valence-electron chi connectivity index (χ2n) is 6.55. The molecular weight excluding hydrogens is 471 g/mol. The Labute approximate surface area is 187 Å². The number of nitrogens with two attached hydrogens (primary N) is 1. The van der Waals surface area contributed by atoms with E-state index in [9.17, 15) is 18.9 Å². The topological polar surface area (TPSA) is 277 Å². The van der Waals surface area contributed by atoms with Crippen molar-refractivity contribution in [2.45, 2.75) is 36.9 Å². The molecule has 1 aromatic rings. The Balaban J connectivity index is 0.000000622. The number of amides is 1. The number of phosphoric acid groups is 1. The highest BCUT2D eigenvalue weighted by atomic mass is 31.2. The number of phosphoric ester groups is 1. The highest BCUT2D eigenvalue weighted by Gasteiger charge is 2.31. The summed E-state index contributed by atoms with van der Waals surface area (Å²) in [6, 6.07) is 5.49. The Hall–Kier alpha value is -2.46. The zero-order valence-electron chi connectivity index (χ0n) is 17.0. The minimum Gasteiger partial charge on any atom is -0.508 e. The van der Waals surface area contributed by atoms with Crippen molar-refractivity contribution >= 4 is 26.0 Å². The minimum absolute atomic E-state index is 0.0650. The summed E-state index contributed by atoms with van der Waals surface area (Å²) < 4.78 is 14.1. The second-order valence-corrected chi connectivity index (χ2v) is 7.79. The highest BCUT2D eigenvalue weighted by Crippen LogP contribution is 2.35. The van der Waals surface area contributed by atoms with Gasteiger partial charge in [-0.15, -0.1) is 0 Å². The molecule has 15 nitrogen and oxygen atoms in total. The summed E-state index contributed by atoms with van der Waals surface area (Å²) in [5.74, 6) is -1.49. The van der Waals surface area contributed by atoms with Gasteiger partial charge in [0.25, 0.3) is 0 Å². The van der Waals surface area contributed by atoms with Crippen LogP contribution in [0.4, 0.5) is 0 Å². The number of hydrogen-bond donors (Lipinski definition) is 10. The Morgan fingerprint density at radius 3 is 2.09 bits per heavy atom. The Morgan fingerprint density at radius 1 is 1.09 bits per heavy atom. The monoisotopic (exact) mass is 498 g/mol. The first-order valence-electron chi connectivity index (χ1n) is 9.08. The first-order valence-corrected chi connectivity index (χ1v) is 10.6. The molecule has 188 valence electrons. The third kappa shape index (κ3) is 13.6. The van der Waals surface area contributed by atoms with Crippen LogP contribution in [-0.2, 0) is 29.9 Å². The van der Waals surface area contributed by atoms with Crippen molar-refractivity contribution in [3.8, 4) is 5.75 Å². The first kappa shape index (κ1) is 30.5. The molecule has 0 saturated heterocycles. The van der Waals surface area contributed by atoms with E-state index in [4.69, 9.17) is 46.2 Å². The van der Waals surface area contributed by atoms with Crippen LogP contribution in [0.2, 0.25) is 0 Å². The van der Waals surface area contributed by atoms with Gasteiger partial charge in [-0.25, -0.2) is 4.57 Å². The first-order chi connectivity index (χ1) is 15.2. The third-order valence-corrected chi connectivity index (χ3v) is 4.27. The predicted molar refractivity (Wildman–Crippen MR) is 109 cm³/mol. The Bertz CT molecular complexity index is 801. The van der Waals surface area contributed by atoms with Gasteiger partial charge in [0.1, 0.15) is 36.7 Å². The maximum Gasteiger partial charge on any atom is 0.469 e. The summed E-state index contributed by atoms with van der Waals surface area (Å²) in [4.78, 5) is 48.2. The number of aliphatic hydroxyl groups is 4. The number of aldehydes is 1. The summed E-state index contributed by atoms with van der Waals surface area (Å²) in [6.45, 7) is -1.41. The standard InChI is InChI=1S/C11H14N2O4.C6H13O9P/c12-9(11(17)13-6-10(15)16)5-7-1-3-8(14)4-2-7;7-1-3(8)5(10)6(11)4(9)2-15-16(12,13)14/h1-4,9,14H,5-6,12H2,(H,13,17)(H,15,16);1,3-6,8-11H,2H2,(H2,12,13,14)/t;3-,4+,5+,6+/m.0/s1. The maximum atomic E-state index is 11.4. The van der Waals surface area contributed by atoms with Gasteiger partial charge in [-0.3, -0.25) is 14.1 Å². The zero-order valence-corrected chi connectivity index (χ0v) is 17.9. The average Bonchev–Trinajstić information content (AvgIpc) is 2.75. The van der Waals surface area contributed by atoms with Crippen LogP contribution in [0.1, 0.15) is 5.56 Å². The van der Waals surface area contributed by atoms with Crippen molar-refractivity contribution in [2.24, 2.45) is 5.73 Å². The number of carbonyl (C=O) groups excluding carboxylic acids is 2. The number of phenolic OH excluding ortho intramolecular Hbond substituents is 1. The summed E-state index contributed by atoms with van der Waals surface area (Å²) in [7, 11) is -4.80. The van der Waals surface area contributed by atoms with Gasteiger partial charge in [0.2, 0.25) is 5.91 Å². The molecule has 16 heteroatoms. The molecule has 33 heavy (non-hydrogen) atoms. The molecule has 0 aliphatic heterocycles. The molecule has 11 N–H and O–H groups in total. The number of nitrogens with one attached hydrogen (secondary N) is 1. The molecule has 0 aliphatic carbocycles. The molecule has 1 unspecified atom stereocenters. The van der Waals surface area contributed by atoms with Gasteiger partial charge in [-0.1, -0.05) is 12.1 Å². The van der Waals surface area contributed by atoms with Crippen molar-refractivity contribution in [1.82, 2.24) is 5.32 Å². The van der Waals surface area contributed by atoms with Crippen LogP contribution >= 0.6 is 7.82 Å². The lowest BCUT2D eigenvalue weighted by Gasteiger charge is -2.23. The van der Waals surface area contributed by atoms with Crippen LogP contribution in [0.5, 0.6) is 5.75 Å². The molecule has 1 aromatic carbocycles. The fourth-order valence-corrected chi connectivity index (χ4v) is 2.40. The van der Waals surface area contributed by atoms with E-state index in [0.717, 1.165) is 5.56 Å². The number of phenols is 1. The van der Waals surface area contributed by atoms with E-state index < -0.39 is 63.3 Å². The van der Waals surface area contributed by atoms with E-state index in [1.165, 1.54) is 12.1 Å². The number of carboxylic acid groups (broad SMARTS) is 1. The fourth-order valence-electron chi connectivity index (χ4n) is 2.05. The Kier molecular flexibility index (Phi) is 13.5. The fraction of sp³-hybridized carbons (Fsp3) is 0.471. The van der Waals surface area contributed by atoms with Crippen LogP contribution in [0.3, 0.4) is 0 Å². The van der Waals surface area contributed by atoms with Crippen LogP contribution in [0.25, 0.3) is 0 Å². The van der Waals surface area contributed by atoms with Crippen LogP contribution in [0.15, 0.2) is 24.3 Å². The summed E-state index contributed by atoms with van der Waals surface area (Å²) in [6.07, 6.45) is -7.52. The number of rotatable bonds is 12. The molecule has 0 fully saturated rings. The van der Waals surface area contributed by atoms with Crippen molar-refractivity contribution < 1.29 is 63.9 Å². The smallest absolute Gasteiger partial charge is 0.469 e. The van der Waals surface area contributed by atoms with E-state index in [1.54, 1.807) is 12.1 Å². The van der Waals surface area contributed by atoms with Gasteiger partial charge < -0.3 is 56.3 Å². The highest BCUT2D eigenvalue weighted by molar-refractivity contribution is 7.46. The molecule has 0 heterocycles. The predicted octanol–water partition coefficient (Wildman–Crippen LogP) is -3.80. The normalized spacial score (nSPS) is 15.7. The zero-order chi connectivity index (χ0) is 25.8. The van der Waals surface area contributed by atoms with Gasteiger partial charge in [-0.05, 0) is 24.1 Å². The molecule has 5 atom stereocenters. The maximum absolute atomic E-state index is 11.4. The number of carboxylic acids is 1. The van der Waals surface area contributed by atoms with Crippen LogP contribution in [-0.4, -0.2) is 102 Å². The van der Waals surface area contributed by atoms with Gasteiger partial charge in [0, 0.05) is 0 Å². The third-order valence-electron chi connectivity index (χ3n) is 3.79. The number of aromatic hydroxyl groups is 1. The van der Waals surface area contributed by atoms with Gasteiger partial charge >= 0.3 is 13.8 Å². The van der Waals surface area contributed by atoms with Gasteiger partial charge in [0.15, 0.2) is 6.29 Å². The quantitative estimate of drug-likeness (QED) is 0.0977. The van der Waals surface area contributed by atoms with Crippen molar-refractivity contribution in [2.75, 3.05) is 13.2 Å². The lowest BCUT2D eigenvalue weighted by Crippen LogP contribution is -2.46. The molecule has 1 rings (SSSR count). The number of aliphatic carboxylic acids is 1. The SMILES string of the molecule is NC(Cc1ccc(O)cc1)C(=O)NCC(=O)O.O=C[C@H](O)[C@@H](O)[C@H](O)[C@H](O)COP(=O)(O)O. The molecule has 0 aliphatic rings. The number of hydrogen-bond acceptors (Lipinski definition) is 11. The summed E-state index contributed by atoms with van der Waals surface area (Å²) >= 11 is 0. The number of benzene rings is 1. The van der Waals surface area contributed by atoms with E-state index in [-0.39, 0.29) is 18.5 Å². The van der Waals surface area contributed by atoms with E-state index in [2.05, 4.69) is 9.84 Å². The van der Waals surface area contributed by atoms with E-state index in [1.807, 2.05) is 0 Å². The van der Waals surface area contributed by atoms with Crippen molar-refractivity contribution in [1.29, 1.82) is 0 Å². The molecule has 0 aromatic heterocycles. The number of aliphatic hydroxyl groups excluding tert-OH is 4. The minimum atomic E-state index is -4.80. The Morgan fingerprint density at radius 2 is 1.64 bits per heavy atom. The largest absolute Gasteiger partial charge is 0.508 e. The van der Waals surface area contributed by atoms with E-state index in [0.29, 0.717) is 0 Å². The molecule has 0 radical (unpaired) electrons. The van der Waals surface area contributed by atoms with Crippen molar-refractivity contribution in [3.63, 3.8) is 0 Å². The molecule has 1 amide bonds. The number of carbonyl (C=O) groups is 3. The summed E-state index contributed by atoms with van der Waals surface area (Å²) in [5, 5.41) is 55.7.